The second-order valence-electron chi connectivity index (χ2n) is 12.7. The smallest absolute Gasteiger partial charge is 0.258 e. The Balaban J connectivity index is 1.97. The van der Waals surface area contributed by atoms with Crippen LogP contribution >= 0.6 is 0 Å². The molecule has 0 radical (unpaired) electrons. The summed E-state index contributed by atoms with van der Waals surface area (Å²) in [5, 5.41) is 9.87. The van der Waals surface area contributed by atoms with Crippen molar-refractivity contribution in [3.05, 3.63) is 105 Å². The van der Waals surface area contributed by atoms with Gasteiger partial charge in [0.25, 0.3) is 11.1 Å². The molecular formula is C38H36N2O2. The zero-order valence-corrected chi connectivity index (χ0v) is 25.2. The topological polar surface area (TPSA) is 44.0 Å². The Kier molecular flexibility index (Phi) is 6.02. The summed E-state index contributed by atoms with van der Waals surface area (Å²) in [5.41, 5.74) is 4.16. The molecule has 0 aliphatic carbocycles. The van der Waals surface area contributed by atoms with Crippen LogP contribution < -0.4 is 11.1 Å². The molecule has 7 aromatic rings. The SMILES string of the molecule is Cc1c(C)c2c(c3c(ccc4ccccc43)c(=O)n2CC(C)C)c2c3c(ccc4ccccc43)c(=O)n(CC(C)C)c12. The molecule has 0 fully saturated rings. The molecule has 0 atom stereocenters. The van der Waals surface area contributed by atoms with Gasteiger partial charge in [-0.1, -0.05) is 88.4 Å². The summed E-state index contributed by atoms with van der Waals surface area (Å²) in [7, 11) is 0. The second kappa shape index (κ2) is 9.55. The Morgan fingerprint density at radius 2 is 0.881 bits per heavy atom. The van der Waals surface area contributed by atoms with E-state index >= 15 is 0 Å². The fraction of sp³-hybridized carbons (Fsp3) is 0.263. The van der Waals surface area contributed by atoms with Crippen LogP contribution in [0.4, 0.5) is 0 Å². The van der Waals surface area contributed by atoms with Gasteiger partial charge in [-0.05, 0) is 70.5 Å². The first-order chi connectivity index (χ1) is 20.2. The van der Waals surface area contributed by atoms with Gasteiger partial charge in [0.1, 0.15) is 0 Å². The lowest BCUT2D eigenvalue weighted by molar-refractivity contribution is 0.523. The van der Waals surface area contributed by atoms with Crippen molar-refractivity contribution in [2.45, 2.75) is 54.6 Å². The number of hydrogen-bond acceptors (Lipinski definition) is 2. The summed E-state index contributed by atoms with van der Waals surface area (Å²) in [6.45, 7) is 14.1. The number of aromatic nitrogens is 2. The van der Waals surface area contributed by atoms with Crippen LogP contribution in [0.25, 0.3) is 64.9 Å². The molecule has 0 spiro atoms. The van der Waals surface area contributed by atoms with Gasteiger partial charge in [0.05, 0.1) is 11.0 Å². The Hall–Kier alpha value is -4.44. The maximum atomic E-state index is 14.4. The molecule has 7 rings (SSSR count). The minimum absolute atomic E-state index is 0.0449. The molecule has 210 valence electrons. The Morgan fingerprint density at radius 3 is 1.26 bits per heavy atom. The van der Waals surface area contributed by atoms with Gasteiger partial charge in [-0.25, -0.2) is 0 Å². The summed E-state index contributed by atoms with van der Waals surface area (Å²) in [4.78, 5) is 28.7. The van der Waals surface area contributed by atoms with Gasteiger partial charge in [0.2, 0.25) is 0 Å². The highest BCUT2D eigenvalue weighted by Gasteiger charge is 2.25. The molecular weight excluding hydrogens is 516 g/mol. The number of fused-ring (bicyclic) bond motifs is 11. The van der Waals surface area contributed by atoms with Crippen molar-refractivity contribution in [2.24, 2.45) is 11.8 Å². The van der Waals surface area contributed by atoms with Crippen LogP contribution in [0.15, 0.2) is 82.4 Å². The first-order valence-corrected chi connectivity index (χ1v) is 15.0. The van der Waals surface area contributed by atoms with E-state index in [0.717, 1.165) is 76.0 Å². The minimum Gasteiger partial charge on any atom is -0.307 e. The highest BCUT2D eigenvalue weighted by atomic mass is 16.1. The third kappa shape index (κ3) is 3.67. The van der Waals surface area contributed by atoms with E-state index < -0.39 is 0 Å². The molecule has 0 amide bonds. The average Bonchev–Trinajstić information content (AvgIpc) is 2.97. The number of aryl methyl sites for hydroxylation is 2. The highest BCUT2D eigenvalue weighted by molar-refractivity contribution is 6.34. The van der Waals surface area contributed by atoms with E-state index in [1.165, 1.54) is 0 Å². The van der Waals surface area contributed by atoms with E-state index in [-0.39, 0.29) is 23.0 Å². The highest BCUT2D eigenvalue weighted by Crippen LogP contribution is 2.42. The lowest BCUT2D eigenvalue weighted by Crippen LogP contribution is -2.26. The van der Waals surface area contributed by atoms with Crippen LogP contribution in [0, 0.1) is 25.7 Å². The van der Waals surface area contributed by atoms with Crippen LogP contribution in [-0.4, -0.2) is 9.13 Å². The molecule has 0 N–H and O–H groups in total. The first-order valence-electron chi connectivity index (χ1n) is 15.0. The van der Waals surface area contributed by atoms with Crippen LogP contribution in [0.2, 0.25) is 0 Å². The molecule has 0 aliphatic rings. The van der Waals surface area contributed by atoms with Crippen molar-refractivity contribution < 1.29 is 0 Å². The fourth-order valence-electron chi connectivity index (χ4n) is 7.14. The predicted octanol–water partition coefficient (Wildman–Crippen LogP) is 8.86. The summed E-state index contributed by atoms with van der Waals surface area (Å²) in [6, 6.07) is 24.8. The summed E-state index contributed by atoms with van der Waals surface area (Å²) in [5.74, 6) is 0.568. The molecule has 42 heavy (non-hydrogen) atoms. The third-order valence-electron chi connectivity index (χ3n) is 8.94. The summed E-state index contributed by atoms with van der Waals surface area (Å²) in [6.07, 6.45) is 0. The van der Waals surface area contributed by atoms with Crippen LogP contribution in [-0.2, 0) is 13.1 Å². The van der Waals surface area contributed by atoms with Gasteiger partial charge in [-0.2, -0.15) is 0 Å². The van der Waals surface area contributed by atoms with Crippen LogP contribution in [0.3, 0.4) is 0 Å². The average molecular weight is 553 g/mol. The molecule has 0 saturated heterocycles. The second-order valence-corrected chi connectivity index (χ2v) is 12.7. The molecule has 0 unspecified atom stereocenters. The molecule has 0 saturated carbocycles. The number of pyridine rings is 2. The molecule has 5 aromatic carbocycles. The van der Waals surface area contributed by atoms with Gasteiger partial charge >= 0.3 is 0 Å². The maximum Gasteiger partial charge on any atom is 0.258 e. The van der Waals surface area contributed by atoms with Gasteiger partial charge in [-0.3, -0.25) is 9.59 Å². The molecule has 4 heteroatoms. The molecule has 4 nitrogen and oxygen atoms in total. The number of nitrogens with zero attached hydrogens (tertiary/aromatic N) is 2. The third-order valence-corrected chi connectivity index (χ3v) is 8.94. The quantitative estimate of drug-likeness (QED) is 0.205. The monoisotopic (exact) mass is 552 g/mol. The molecule has 0 bridgehead atoms. The van der Waals surface area contributed by atoms with Crippen LogP contribution in [0.1, 0.15) is 38.8 Å². The summed E-state index contributed by atoms with van der Waals surface area (Å²) >= 11 is 0. The Labute approximate surface area is 244 Å². The largest absolute Gasteiger partial charge is 0.307 e. The lowest BCUT2D eigenvalue weighted by atomic mass is 9.88. The van der Waals surface area contributed by atoms with Crippen molar-refractivity contribution in [1.82, 2.24) is 9.13 Å². The van der Waals surface area contributed by atoms with E-state index in [0.29, 0.717) is 13.1 Å². The van der Waals surface area contributed by atoms with Gasteiger partial charge in [0.15, 0.2) is 0 Å². The number of benzene rings is 5. The Bertz CT molecular complexity index is 2200. The summed E-state index contributed by atoms with van der Waals surface area (Å²) < 4.78 is 4.02. The predicted molar refractivity (Wildman–Crippen MR) is 179 cm³/mol. The van der Waals surface area contributed by atoms with Crippen molar-refractivity contribution in [1.29, 1.82) is 0 Å². The van der Waals surface area contributed by atoms with Crippen molar-refractivity contribution in [3.8, 4) is 0 Å². The van der Waals surface area contributed by atoms with Gasteiger partial charge < -0.3 is 9.13 Å². The normalized spacial score (nSPS) is 12.4. The zero-order valence-electron chi connectivity index (χ0n) is 25.2. The lowest BCUT2D eigenvalue weighted by Gasteiger charge is -2.25. The Morgan fingerprint density at radius 1 is 0.500 bits per heavy atom. The van der Waals surface area contributed by atoms with E-state index in [1.807, 2.05) is 33.4 Å². The van der Waals surface area contributed by atoms with Gasteiger partial charge in [-0.15, -0.1) is 0 Å². The number of hydrogen-bond donors (Lipinski definition) is 0. The van der Waals surface area contributed by atoms with E-state index in [1.54, 1.807) is 0 Å². The fourth-order valence-corrected chi connectivity index (χ4v) is 7.14. The zero-order chi connectivity index (χ0) is 29.4. The van der Waals surface area contributed by atoms with Crippen molar-refractivity contribution in [2.75, 3.05) is 0 Å². The van der Waals surface area contributed by atoms with Crippen molar-refractivity contribution >= 4 is 64.9 Å². The van der Waals surface area contributed by atoms with E-state index in [2.05, 4.69) is 90.1 Å². The van der Waals surface area contributed by atoms with Crippen molar-refractivity contribution in [3.63, 3.8) is 0 Å². The molecule has 2 aromatic heterocycles. The van der Waals surface area contributed by atoms with E-state index in [9.17, 15) is 9.59 Å². The van der Waals surface area contributed by atoms with E-state index in [4.69, 9.17) is 0 Å². The molecule has 2 heterocycles. The first kappa shape index (κ1) is 26.5. The van der Waals surface area contributed by atoms with Gasteiger partial charge in [0, 0.05) is 45.4 Å². The number of rotatable bonds is 4. The standard InChI is InChI=1S/C38H36N2O2/c1-21(2)19-39-35-23(5)24(6)36-34(33(35)31-27-13-9-7-11-25(27)15-17-29(31)37(39)41)32-28-14-10-8-12-26(28)16-18-30(32)38(42)40(36)20-22(3)4/h7-18,21-22H,19-20H2,1-6H3. The molecule has 0 aliphatic heterocycles. The van der Waals surface area contributed by atoms with Crippen LogP contribution in [0.5, 0.6) is 0 Å². The minimum atomic E-state index is 0.0449. The maximum absolute atomic E-state index is 14.4.